The van der Waals surface area contributed by atoms with Gasteiger partial charge < -0.3 is 25.6 Å². The van der Waals surface area contributed by atoms with Crippen LogP contribution in [-0.2, 0) is 42.1 Å². The molecule has 4 atom stereocenters. The number of ether oxygens (including phenoxy) is 1. The topological polar surface area (TPSA) is 111 Å². The van der Waals surface area contributed by atoms with E-state index in [1.807, 2.05) is 42.5 Å². The minimum Gasteiger partial charge on any atom is -0.497 e. The predicted molar refractivity (Wildman–Crippen MR) is 178 cm³/mol. The fourth-order valence-electron chi connectivity index (χ4n) is 6.94. The molecule has 0 spiro atoms. The maximum atomic E-state index is 14.5. The number of methoxy groups -OCH3 is 1. The summed E-state index contributed by atoms with van der Waals surface area (Å²) in [6.45, 7) is 4.74. The summed E-state index contributed by atoms with van der Waals surface area (Å²) in [5, 5.41) is 26.5. The minimum atomic E-state index is -0.759. The van der Waals surface area contributed by atoms with E-state index in [0.717, 1.165) is 66.8 Å². The quantitative estimate of drug-likeness (QED) is 0.178. The minimum absolute atomic E-state index is 0. The molecule has 0 bridgehead atoms. The summed E-state index contributed by atoms with van der Waals surface area (Å²) in [5.41, 5.74) is 4.84. The molecule has 0 saturated carbocycles. The van der Waals surface area contributed by atoms with E-state index < -0.39 is 23.8 Å². The Bertz CT molecular complexity index is 1380. The number of rotatable bonds is 15. The van der Waals surface area contributed by atoms with Crippen LogP contribution in [-0.4, -0.2) is 60.3 Å². The predicted octanol–water partition coefficient (Wildman–Crippen LogP) is 5.16. The van der Waals surface area contributed by atoms with Crippen molar-refractivity contribution < 1.29 is 28.9 Å². The van der Waals surface area contributed by atoms with Crippen LogP contribution in [0.15, 0.2) is 66.7 Å². The van der Waals surface area contributed by atoms with E-state index in [0.29, 0.717) is 38.2 Å². The number of nitrogens with zero attached hydrogens (tertiary/aromatic N) is 1. The van der Waals surface area contributed by atoms with Crippen molar-refractivity contribution in [2.45, 2.75) is 45.3 Å². The van der Waals surface area contributed by atoms with Gasteiger partial charge in [0.05, 0.1) is 18.9 Å². The van der Waals surface area contributed by atoms with Gasteiger partial charge >= 0.3 is 11.9 Å². The van der Waals surface area contributed by atoms with Crippen molar-refractivity contribution in [1.29, 1.82) is 0 Å². The third-order valence-electron chi connectivity index (χ3n) is 9.25. The maximum Gasteiger partial charge on any atom is 0.307 e. The summed E-state index contributed by atoms with van der Waals surface area (Å²) >= 11 is 0. The molecule has 2 fully saturated rings. The molecule has 248 valence electrons. The first kappa shape index (κ1) is 35.4. The molecule has 4 N–H and O–H groups in total. The highest BCUT2D eigenvalue weighted by molar-refractivity contribution is 5.85. The van der Waals surface area contributed by atoms with E-state index in [-0.39, 0.29) is 30.1 Å². The zero-order valence-electron chi connectivity index (χ0n) is 26.3. The Morgan fingerprint density at radius 1 is 0.783 bits per heavy atom. The second-order valence-corrected chi connectivity index (χ2v) is 12.6. The Balaban J connectivity index is 0.00000480. The molecule has 2 aliphatic heterocycles. The number of carbonyl (C=O) groups is 2. The third-order valence-corrected chi connectivity index (χ3v) is 9.25. The lowest BCUT2D eigenvalue weighted by Crippen LogP contribution is -2.27. The molecule has 3 aromatic rings. The van der Waals surface area contributed by atoms with Crippen molar-refractivity contribution >= 4 is 24.3 Å². The van der Waals surface area contributed by atoms with E-state index in [2.05, 4.69) is 27.7 Å². The van der Waals surface area contributed by atoms with Crippen LogP contribution in [0.1, 0.15) is 40.7 Å². The Kier molecular flexibility index (Phi) is 13.0. The number of halogens is 2. The van der Waals surface area contributed by atoms with Crippen LogP contribution in [0.2, 0.25) is 0 Å². The zero-order chi connectivity index (χ0) is 31.8. The van der Waals surface area contributed by atoms with E-state index >= 15 is 0 Å². The number of nitrogens with one attached hydrogen (secondary N) is 2. The summed E-state index contributed by atoms with van der Waals surface area (Å²) in [5.74, 6) is -2.08. The fourth-order valence-corrected chi connectivity index (χ4v) is 6.94. The van der Waals surface area contributed by atoms with Gasteiger partial charge in [-0.2, -0.15) is 0 Å². The highest BCUT2D eigenvalue weighted by Crippen LogP contribution is 2.27. The van der Waals surface area contributed by atoms with E-state index in [4.69, 9.17) is 4.74 Å². The Labute approximate surface area is 276 Å². The van der Waals surface area contributed by atoms with Gasteiger partial charge in [0.25, 0.3) is 0 Å². The molecule has 2 aliphatic rings. The second-order valence-electron chi connectivity index (χ2n) is 12.6. The molecule has 5 rings (SSSR count). The summed E-state index contributed by atoms with van der Waals surface area (Å²) in [6.07, 6.45) is 2.68. The highest BCUT2D eigenvalue weighted by atomic mass is 35.5. The largest absolute Gasteiger partial charge is 0.497 e. The lowest BCUT2D eigenvalue weighted by Gasteiger charge is -2.24. The van der Waals surface area contributed by atoms with E-state index in [1.165, 1.54) is 19.2 Å². The van der Waals surface area contributed by atoms with Crippen LogP contribution in [0, 0.1) is 29.5 Å². The molecule has 2 heterocycles. The maximum absolute atomic E-state index is 14.5. The summed E-state index contributed by atoms with van der Waals surface area (Å²) < 4.78 is 19.8. The van der Waals surface area contributed by atoms with Gasteiger partial charge in [0.15, 0.2) is 0 Å². The van der Waals surface area contributed by atoms with Gasteiger partial charge in [-0.3, -0.25) is 14.5 Å². The molecular formula is C36H45ClFN3O5. The number of aliphatic carboxylic acids is 2. The van der Waals surface area contributed by atoms with Gasteiger partial charge in [0, 0.05) is 25.7 Å². The molecule has 10 heteroatoms. The third kappa shape index (κ3) is 9.75. The number of carboxylic acid groups (broad SMARTS) is 2. The first-order chi connectivity index (χ1) is 21.8. The van der Waals surface area contributed by atoms with Gasteiger partial charge in [-0.25, -0.2) is 4.39 Å². The van der Waals surface area contributed by atoms with Crippen molar-refractivity contribution in [2.24, 2.45) is 23.7 Å². The number of carboxylic acids is 2. The van der Waals surface area contributed by atoms with Crippen LogP contribution < -0.4 is 15.4 Å². The van der Waals surface area contributed by atoms with Gasteiger partial charge in [0.2, 0.25) is 0 Å². The molecule has 3 aromatic carbocycles. The number of hydrogen-bond acceptors (Lipinski definition) is 6. The normalized spacial score (nSPS) is 19.0. The molecule has 8 nitrogen and oxygen atoms in total. The number of hydrogen-bond donors (Lipinski definition) is 4. The average Bonchev–Trinajstić information content (AvgIpc) is 3.74. The monoisotopic (exact) mass is 653 g/mol. The van der Waals surface area contributed by atoms with E-state index in [9.17, 15) is 24.2 Å². The van der Waals surface area contributed by atoms with Crippen molar-refractivity contribution in [3.63, 3.8) is 0 Å². The Morgan fingerprint density at radius 2 is 1.26 bits per heavy atom. The lowest BCUT2D eigenvalue weighted by molar-refractivity contribution is -0.144. The highest BCUT2D eigenvalue weighted by Gasteiger charge is 2.31. The van der Waals surface area contributed by atoms with E-state index in [1.54, 1.807) is 0 Å². The summed E-state index contributed by atoms with van der Waals surface area (Å²) in [4.78, 5) is 26.5. The smallest absolute Gasteiger partial charge is 0.307 e. The van der Waals surface area contributed by atoms with Crippen LogP contribution in [0.25, 0.3) is 0 Å². The SMILES string of the molecule is COc1cc(F)cc(CN(Cc2cccc(C[C@H](C(=O)O)[C@H]3CCNC3)c2)Cc2cccc(C[C@H](C(=O)O)[C@H]3CCNC3)c2)c1.Cl. The van der Waals surface area contributed by atoms with Crippen molar-refractivity contribution in [3.05, 3.63) is 100 Å². The standard InChI is InChI=1S/C36H44FN3O5.ClH/c1-45-32-15-28(14-31(37)18-32)23-40(21-26-6-2-4-24(12-26)16-33(35(41)42)29-8-10-38-19-29)22-27-7-3-5-25(13-27)17-34(36(43)44)30-9-11-39-20-30;/h2-7,12-15,18,29-30,33-34,38-39H,8-11,16-17,19-23H2,1H3,(H,41,42)(H,43,44);1H/t29-,30-,33-,34-;/m0./s1. The van der Waals surface area contributed by atoms with Gasteiger partial charge in [-0.05, 0) is 104 Å². The molecule has 0 amide bonds. The zero-order valence-corrected chi connectivity index (χ0v) is 27.1. The van der Waals surface area contributed by atoms with Crippen LogP contribution in [0.4, 0.5) is 4.39 Å². The van der Waals surface area contributed by atoms with Crippen LogP contribution in [0.3, 0.4) is 0 Å². The lowest BCUT2D eigenvalue weighted by atomic mass is 9.86. The molecule has 46 heavy (non-hydrogen) atoms. The molecule has 0 aliphatic carbocycles. The molecule has 0 unspecified atom stereocenters. The van der Waals surface area contributed by atoms with Gasteiger partial charge in [0.1, 0.15) is 11.6 Å². The molecule has 0 aromatic heterocycles. The average molecular weight is 654 g/mol. The van der Waals surface area contributed by atoms with Crippen molar-refractivity contribution in [1.82, 2.24) is 15.5 Å². The fraction of sp³-hybridized carbons (Fsp3) is 0.444. The summed E-state index contributed by atoms with van der Waals surface area (Å²) in [7, 11) is 1.52. The first-order valence-electron chi connectivity index (χ1n) is 15.9. The molecule has 0 radical (unpaired) electrons. The summed E-state index contributed by atoms with van der Waals surface area (Å²) in [6, 6.07) is 20.9. The molecule has 2 saturated heterocycles. The Morgan fingerprint density at radius 3 is 1.70 bits per heavy atom. The van der Waals surface area contributed by atoms with Gasteiger partial charge in [-0.1, -0.05) is 48.5 Å². The Hall–Kier alpha value is -3.50. The second kappa shape index (κ2) is 16.9. The van der Waals surface area contributed by atoms with Gasteiger partial charge in [-0.15, -0.1) is 12.4 Å². The number of benzene rings is 3. The molecular weight excluding hydrogens is 609 g/mol. The van der Waals surface area contributed by atoms with Crippen LogP contribution in [0.5, 0.6) is 5.75 Å². The first-order valence-corrected chi connectivity index (χ1v) is 15.9. The van der Waals surface area contributed by atoms with Crippen molar-refractivity contribution in [2.75, 3.05) is 33.3 Å². The van der Waals surface area contributed by atoms with Crippen LogP contribution >= 0.6 is 12.4 Å². The van der Waals surface area contributed by atoms with Crippen molar-refractivity contribution in [3.8, 4) is 5.75 Å².